The molecule has 0 saturated heterocycles. The average Bonchev–Trinajstić information content (AvgIpc) is 2.69. The molecule has 0 fully saturated rings. The molecule has 0 spiro atoms. The summed E-state index contributed by atoms with van der Waals surface area (Å²) < 4.78 is 0. The summed E-state index contributed by atoms with van der Waals surface area (Å²) in [6, 6.07) is 7.42. The minimum Gasteiger partial charge on any atom is -0.383 e. The van der Waals surface area contributed by atoms with Gasteiger partial charge in [0.15, 0.2) is 0 Å². The van der Waals surface area contributed by atoms with Crippen LogP contribution in [0, 0.1) is 0 Å². The van der Waals surface area contributed by atoms with Crippen molar-refractivity contribution in [1.82, 2.24) is 0 Å². The number of amidine groups is 1. The minimum atomic E-state index is -1.45. The summed E-state index contributed by atoms with van der Waals surface area (Å²) in [4.78, 5) is 15.2. The standard InChI is InChI=1S/C14H18N4O2/c1-9(2)17-19-14(20-18-10(3)4)12-8-6-5-7-11(12)13(15)16-14/h5-8H,1-4H3,(H2,15,16). The van der Waals surface area contributed by atoms with Crippen LogP contribution in [0.4, 0.5) is 0 Å². The lowest BCUT2D eigenvalue weighted by atomic mass is 10.1. The maximum absolute atomic E-state index is 5.93. The molecule has 0 aliphatic carbocycles. The van der Waals surface area contributed by atoms with Gasteiger partial charge in [0.1, 0.15) is 5.84 Å². The molecule has 6 heteroatoms. The van der Waals surface area contributed by atoms with E-state index in [4.69, 9.17) is 15.4 Å². The summed E-state index contributed by atoms with van der Waals surface area (Å²) in [5.41, 5.74) is 8.86. The average molecular weight is 274 g/mol. The van der Waals surface area contributed by atoms with E-state index in [0.717, 1.165) is 17.0 Å². The number of fused-ring (bicyclic) bond motifs is 1. The van der Waals surface area contributed by atoms with Crippen LogP contribution in [-0.2, 0) is 15.6 Å². The van der Waals surface area contributed by atoms with Gasteiger partial charge < -0.3 is 15.4 Å². The van der Waals surface area contributed by atoms with Gasteiger partial charge in [-0.15, -0.1) is 0 Å². The molecular formula is C14H18N4O2. The van der Waals surface area contributed by atoms with Crippen molar-refractivity contribution < 1.29 is 9.68 Å². The molecule has 1 aromatic carbocycles. The molecule has 2 rings (SSSR count). The van der Waals surface area contributed by atoms with Gasteiger partial charge in [-0.3, -0.25) is 0 Å². The Labute approximate surface area is 118 Å². The molecule has 0 saturated carbocycles. The Kier molecular flexibility index (Phi) is 3.74. The zero-order chi connectivity index (χ0) is 14.8. The van der Waals surface area contributed by atoms with E-state index in [1.807, 2.05) is 52.0 Å². The van der Waals surface area contributed by atoms with Crippen molar-refractivity contribution in [3.63, 3.8) is 0 Å². The zero-order valence-electron chi connectivity index (χ0n) is 12.0. The van der Waals surface area contributed by atoms with E-state index >= 15 is 0 Å². The second-order valence-electron chi connectivity index (χ2n) is 4.88. The second kappa shape index (κ2) is 5.32. The van der Waals surface area contributed by atoms with Crippen LogP contribution in [0.25, 0.3) is 0 Å². The van der Waals surface area contributed by atoms with Crippen LogP contribution in [0.1, 0.15) is 38.8 Å². The van der Waals surface area contributed by atoms with Gasteiger partial charge in [-0.2, -0.15) is 4.99 Å². The number of nitrogens with zero attached hydrogens (tertiary/aromatic N) is 3. The number of aliphatic imine (C=N–C) groups is 1. The highest BCUT2D eigenvalue weighted by atomic mass is 16.8. The molecule has 1 heterocycles. The monoisotopic (exact) mass is 274 g/mol. The molecule has 0 amide bonds. The number of nitrogens with two attached hydrogens (primary N) is 1. The first-order chi connectivity index (χ1) is 9.44. The van der Waals surface area contributed by atoms with E-state index in [9.17, 15) is 0 Å². The fourth-order valence-corrected chi connectivity index (χ4v) is 1.72. The van der Waals surface area contributed by atoms with Crippen LogP contribution in [0.3, 0.4) is 0 Å². The highest BCUT2D eigenvalue weighted by Crippen LogP contribution is 2.37. The highest BCUT2D eigenvalue weighted by molar-refractivity contribution is 6.01. The van der Waals surface area contributed by atoms with Gasteiger partial charge in [-0.05, 0) is 33.8 Å². The summed E-state index contributed by atoms with van der Waals surface area (Å²) in [6.45, 7) is 7.26. The normalized spacial score (nSPS) is 14.9. The fourth-order valence-electron chi connectivity index (χ4n) is 1.72. The van der Waals surface area contributed by atoms with Crippen molar-refractivity contribution in [3.8, 4) is 0 Å². The summed E-state index contributed by atoms with van der Waals surface area (Å²) in [6.07, 6.45) is 0. The van der Waals surface area contributed by atoms with Crippen molar-refractivity contribution >= 4 is 17.3 Å². The first-order valence-electron chi connectivity index (χ1n) is 6.28. The molecule has 106 valence electrons. The number of oxime groups is 2. The van der Waals surface area contributed by atoms with Crippen LogP contribution >= 0.6 is 0 Å². The van der Waals surface area contributed by atoms with Crippen molar-refractivity contribution in [2.24, 2.45) is 21.0 Å². The Morgan fingerprint density at radius 1 is 1.05 bits per heavy atom. The smallest absolute Gasteiger partial charge is 0.383 e. The number of hydrogen-bond acceptors (Lipinski definition) is 6. The summed E-state index contributed by atoms with van der Waals surface area (Å²) in [5.74, 6) is -1.11. The summed E-state index contributed by atoms with van der Waals surface area (Å²) in [7, 11) is 0. The minimum absolute atomic E-state index is 0.341. The number of hydrogen-bond donors (Lipinski definition) is 1. The van der Waals surface area contributed by atoms with Crippen LogP contribution in [0.15, 0.2) is 39.6 Å². The van der Waals surface area contributed by atoms with Gasteiger partial charge in [0.05, 0.1) is 17.0 Å². The number of rotatable bonds is 4. The van der Waals surface area contributed by atoms with E-state index in [-0.39, 0.29) is 0 Å². The Hall–Kier alpha value is -2.37. The van der Waals surface area contributed by atoms with Crippen LogP contribution in [0.2, 0.25) is 0 Å². The highest BCUT2D eigenvalue weighted by Gasteiger charge is 2.46. The van der Waals surface area contributed by atoms with Gasteiger partial charge in [0.25, 0.3) is 0 Å². The second-order valence-corrected chi connectivity index (χ2v) is 4.88. The molecular weight excluding hydrogens is 256 g/mol. The maximum atomic E-state index is 5.93. The quantitative estimate of drug-likeness (QED) is 0.519. The van der Waals surface area contributed by atoms with E-state index in [1.54, 1.807) is 0 Å². The summed E-state index contributed by atoms with van der Waals surface area (Å²) in [5, 5.41) is 7.90. The van der Waals surface area contributed by atoms with Crippen molar-refractivity contribution in [2.75, 3.05) is 0 Å². The molecule has 2 N–H and O–H groups in total. The molecule has 0 aromatic heterocycles. The van der Waals surface area contributed by atoms with Gasteiger partial charge >= 0.3 is 5.91 Å². The predicted molar refractivity (Wildman–Crippen MR) is 78.6 cm³/mol. The van der Waals surface area contributed by atoms with Crippen LogP contribution in [0.5, 0.6) is 0 Å². The molecule has 1 aromatic rings. The first-order valence-corrected chi connectivity index (χ1v) is 6.28. The molecule has 0 radical (unpaired) electrons. The van der Waals surface area contributed by atoms with E-state index < -0.39 is 5.91 Å². The van der Waals surface area contributed by atoms with Gasteiger partial charge in [0.2, 0.25) is 0 Å². The zero-order valence-corrected chi connectivity index (χ0v) is 12.0. The molecule has 6 nitrogen and oxygen atoms in total. The predicted octanol–water partition coefficient (Wildman–Crippen LogP) is 2.34. The number of benzene rings is 1. The Balaban J connectivity index is 2.48. The Morgan fingerprint density at radius 3 is 2.15 bits per heavy atom. The van der Waals surface area contributed by atoms with Crippen LogP contribution in [-0.4, -0.2) is 17.3 Å². The largest absolute Gasteiger partial charge is 0.428 e. The van der Waals surface area contributed by atoms with Gasteiger partial charge in [0, 0.05) is 5.56 Å². The Bertz CT molecular complexity index is 577. The third kappa shape index (κ3) is 2.64. The molecule has 20 heavy (non-hydrogen) atoms. The van der Waals surface area contributed by atoms with Gasteiger partial charge in [-0.1, -0.05) is 28.5 Å². The molecule has 1 aliphatic heterocycles. The fraction of sp³-hybridized carbons (Fsp3) is 0.357. The topological polar surface area (TPSA) is 81.6 Å². The SMILES string of the molecule is CC(C)=NOC1(ON=C(C)C)N=C(N)c2ccccc21. The summed E-state index contributed by atoms with van der Waals surface area (Å²) >= 11 is 0. The lowest BCUT2D eigenvalue weighted by Crippen LogP contribution is -2.26. The lowest BCUT2D eigenvalue weighted by Gasteiger charge is -2.22. The van der Waals surface area contributed by atoms with Gasteiger partial charge in [-0.25, -0.2) is 0 Å². The molecule has 1 aliphatic rings. The van der Waals surface area contributed by atoms with Crippen molar-refractivity contribution in [2.45, 2.75) is 33.6 Å². The Morgan fingerprint density at radius 2 is 1.60 bits per heavy atom. The maximum Gasteiger partial charge on any atom is 0.428 e. The first kappa shape index (κ1) is 14.0. The van der Waals surface area contributed by atoms with E-state index in [2.05, 4.69) is 15.3 Å². The lowest BCUT2D eigenvalue weighted by molar-refractivity contribution is -0.240. The molecule has 0 bridgehead atoms. The third-order valence-electron chi connectivity index (χ3n) is 2.51. The van der Waals surface area contributed by atoms with E-state index in [0.29, 0.717) is 11.4 Å². The van der Waals surface area contributed by atoms with E-state index in [1.165, 1.54) is 0 Å². The third-order valence-corrected chi connectivity index (χ3v) is 2.51. The van der Waals surface area contributed by atoms with Crippen molar-refractivity contribution in [3.05, 3.63) is 35.4 Å². The van der Waals surface area contributed by atoms with Crippen molar-refractivity contribution in [1.29, 1.82) is 0 Å². The molecule has 0 atom stereocenters. The molecule has 0 unspecified atom stereocenters. The van der Waals surface area contributed by atoms with Crippen LogP contribution < -0.4 is 5.73 Å².